The van der Waals surface area contributed by atoms with E-state index in [2.05, 4.69) is 136 Å². The van der Waals surface area contributed by atoms with Gasteiger partial charge in [-0.15, -0.1) is 24.8 Å². The zero-order chi connectivity index (χ0) is 28.5. The molecule has 0 N–H and O–H groups in total. The summed E-state index contributed by atoms with van der Waals surface area (Å²) < 4.78 is 8.74. The average molecular weight is 668 g/mol. The van der Waals surface area contributed by atoms with E-state index in [0.717, 1.165) is 12.8 Å². The van der Waals surface area contributed by atoms with Gasteiger partial charge in [-0.05, 0) is 0 Å². The number of benzene rings is 3. The minimum absolute atomic E-state index is 0. The summed E-state index contributed by atoms with van der Waals surface area (Å²) in [5, 5.41) is 0. The van der Waals surface area contributed by atoms with Gasteiger partial charge in [-0.25, -0.2) is 0 Å². The van der Waals surface area contributed by atoms with Crippen LogP contribution in [0.15, 0.2) is 70.0 Å². The molecule has 219 valence electrons. The van der Waals surface area contributed by atoms with Gasteiger partial charge in [-0.3, -0.25) is 0 Å². The van der Waals surface area contributed by atoms with E-state index in [-0.39, 0.29) is 38.8 Å². The van der Waals surface area contributed by atoms with E-state index in [0.29, 0.717) is 0 Å². The van der Waals surface area contributed by atoms with Crippen LogP contribution >= 0.6 is 24.8 Å². The molecule has 0 heterocycles. The number of halogens is 2. The van der Waals surface area contributed by atoms with Crippen LogP contribution in [0.5, 0.6) is 0 Å². The van der Waals surface area contributed by atoms with E-state index in [1.165, 1.54) is 44.5 Å². The molecular weight excluding hydrogens is 619 g/mol. The first-order chi connectivity index (χ1) is 18.1. The van der Waals surface area contributed by atoms with Crippen molar-refractivity contribution in [2.45, 2.75) is 96.0 Å². The summed E-state index contributed by atoms with van der Waals surface area (Å²) in [6, 6.07) is 18.8. The van der Waals surface area contributed by atoms with Crippen molar-refractivity contribution in [2.75, 3.05) is 0 Å². The van der Waals surface area contributed by atoms with Gasteiger partial charge >= 0.3 is 243 Å². The third-order valence-electron chi connectivity index (χ3n) is 9.73. The molecule has 0 nitrogen and oxygen atoms in total. The van der Waals surface area contributed by atoms with Gasteiger partial charge < -0.3 is 0 Å². The molecule has 0 aliphatic heterocycles. The van der Waals surface area contributed by atoms with Crippen LogP contribution in [0, 0.1) is 13.8 Å². The van der Waals surface area contributed by atoms with Crippen molar-refractivity contribution in [1.29, 1.82) is 0 Å². The monoisotopic (exact) mass is 665 g/mol. The van der Waals surface area contributed by atoms with Gasteiger partial charge in [0.05, 0.1) is 0 Å². The Kier molecular flexibility index (Phi) is 9.55. The molecule has 0 aromatic heterocycles. The topological polar surface area (TPSA) is 0 Å². The first-order valence-electron chi connectivity index (χ1n) is 14.7. The minimum atomic E-state index is -3.61. The van der Waals surface area contributed by atoms with Crippen molar-refractivity contribution in [1.82, 2.24) is 0 Å². The number of rotatable bonds is 4. The van der Waals surface area contributed by atoms with Crippen LogP contribution in [0.1, 0.15) is 101 Å². The fraction of sp³-hybridized carbons (Fsp3) is 0.395. The molecule has 1 atom stereocenters. The molecule has 5 rings (SSSR count). The van der Waals surface area contributed by atoms with Gasteiger partial charge in [0, 0.05) is 0 Å². The first-order valence-corrected chi connectivity index (χ1v) is 20.1. The van der Waals surface area contributed by atoms with Crippen LogP contribution in [-0.4, -0.2) is 4.21 Å². The Bertz CT molecular complexity index is 1570. The summed E-state index contributed by atoms with van der Waals surface area (Å²) in [6.07, 6.45) is 9.14. The predicted molar refractivity (Wildman–Crippen MR) is 184 cm³/mol. The van der Waals surface area contributed by atoms with Crippen molar-refractivity contribution in [3.05, 3.63) is 109 Å². The van der Waals surface area contributed by atoms with Gasteiger partial charge in [-0.2, -0.15) is 0 Å². The van der Waals surface area contributed by atoms with Gasteiger partial charge in [-0.1, -0.05) is 0 Å². The molecule has 0 radical (unpaired) electrons. The van der Waals surface area contributed by atoms with Crippen LogP contribution < -0.4 is 3.27 Å². The number of aryl methyl sites for hydroxylation is 1. The maximum absolute atomic E-state index is 5.47. The number of allylic oxidation sites excluding steroid dienone is 4. The number of fused-ring (bicyclic) bond motifs is 3. The van der Waals surface area contributed by atoms with Crippen LogP contribution in [0.3, 0.4) is 0 Å². The van der Waals surface area contributed by atoms with E-state index < -0.39 is 19.8 Å². The summed E-state index contributed by atoms with van der Waals surface area (Å²) >= 11 is -3.61. The molecule has 3 aromatic carbocycles. The molecule has 0 amide bonds. The summed E-state index contributed by atoms with van der Waals surface area (Å²) in [6.45, 7) is 23.9. The molecule has 0 spiro atoms. The molecule has 0 bridgehead atoms. The fourth-order valence-corrected chi connectivity index (χ4v) is 19.2. The Morgan fingerprint density at radius 1 is 0.756 bits per heavy atom. The predicted octanol–water partition coefficient (Wildman–Crippen LogP) is 10.3. The summed E-state index contributed by atoms with van der Waals surface area (Å²) in [5.74, 6) is 0. The second kappa shape index (κ2) is 11.5. The van der Waals surface area contributed by atoms with E-state index in [1.807, 2.05) is 0 Å². The van der Waals surface area contributed by atoms with E-state index in [9.17, 15) is 0 Å². The second-order valence-corrected chi connectivity index (χ2v) is 25.0. The standard InChI is InChI=1S/C23H29.C9H11.C5H5.CH2.2ClH.Zr/c1-14-9-16-11-17-10-15(2)21(23(6,7)8)13-19(17)18(16)12-20(14)22(3,4)5;1-8(2)9-6-4-3-5-7-9;1-2-4-5-3-1;;;;/h9,12-13H,11H2,1-8H3;3-7H,1-2H3;1-3H,4H2;1H2;2*1H;. The molecule has 3 aromatic rings. The second-order valence-electron chi connectivity index (χ2n) is 14.7. The fourth-order valence-electron chi connectivity index (χ4n) is 7.52. The molecule has 0 fully saturated rings. The van der Waals surface area contributed by atoms with Gasteiger partial charge in [0.2, 0.25) is 0 Å². The van der Waals surface area contributed by atoms with Crippen LogP contribution in [0.2, 0.25) is 0 Å². The molecular formula is C38H49Cl2Zr. The number of hydrogen-bond acceptors (Lipinski definition) is 0. The SMILES string of the molecule is Cl.Cl.[CH2]=[Zr]([C]1=CC=CC1)([c]1c(C)c(C(C)(C)C)cc2c1Cc1cc(C)c(C(C)(C)C)cc1-2)[C](C)(C)c1ccccc1. The van der Waals surface area contributed by atoms with Crippen LogP contribution in [0.25, 0.3) is 11.1 Å². The van der Waals surface area contributed by atoms with Crippen molar-refractivity contribution in [2.24, 2.45) is 0 Å². The van der Waals surface area contributed by atoms with Crippen LogP contribution in [-0.2, 0) is 40.2 Å². The quantitative estimate of drug-likeness (QED) is 0.203. The average Bonchev–Trinajstić information content (AvgIpc) is 3.50. The molecule has 2 aliphatic carbocycles. The molecule has 2 aliphatic rings. The Hall–Kier alpha value is -1.53. The molecule has 41 heavy (non-hydrogen) atoms. The molecule has 3 heteroatoms. The van der Waals surface area contributed by atoms with Gasteiger partial charge in [0.1, 0.15) is 0 Å². The van der Waals surface area contributed by atoms with Crippen molar-refractivity contribution in [3.8, 4) is 11.1 Å². The van der Waals surface area contributed by atoms with Gasteiger partial charge in [0.15, 0.2) is 0 Å². The normalized spacial score (nSPS) is 15.8. The Balaban J connectivity index is 0.00000231. The summed E-state index contributed by atoms with van der Waals surface area (Å²) in [5.41, 5.74) is 13.5. The zero-order valence-electron chi connectivity index (χ0n) is 26.8. The molecule has 0 saturated heterocycles. The van der Waals surface area contributed by atoms with Crippen LogP contribution in [0.4, 0.5) is 0 Å². The zero-order valence-corrected chi connectivity index (χ0v) is 30.9. The number of hydrogen-bond donors (Lipinski definition) is 0. The maximum atomic E-state index is 5.47. The van der Waals surface area contributed by atoms with Gasteiger partial charge in [0.25, 0.3) is 0 Å². The first kappa shape index (κ1) is 34.0. The Morgan fingerprint density at radius 2 is 1.34 bits per heavy atom. The van der Waals surface area contributed by atoms with E-state index >= 15 is 0 Å². The third kappa shape index (κ3) is 5.50. The van der Waals surface area contributed by atoms with E-state index in [1.54, 1.807) is 12.1 Å². The summed E-state index contributed by atoms with van der Waals surface area (Å²) in [4.78, 5) is 0. The van der Waals surface area contributed by atoms with Crippen molar-refractivity contribution < 1.29 is 19.8 Å². The van der Waals surface area contributed by atoms with E-state index in [4.69, 9.17) is 4.21 Å². The third-order valence-corrected chi connectivity index (χ3v) is 23.0. The Labute approximate surface area is 266 Å². The Morgan fingerprint density at radius 3 is 1.88 bits per heavy atom. The summed E-state index contributed by atoms with van der Waals surface area (Å²) in [7, 11) is 0. The molecule has 0 saturated carbocycles. The molecule has 1 unspecified atom stereocenters. The van der Waals surface area contributed by atoms with Crippen molar-refractivity contribution in [3.63, 3.8) is 0 Å². The van der Waals surface area contributed by atoms with Crippen molar-refractivity contribution >= 4 is 32.3 Å².